The minimum atomic E-state index is -0.399. The summed E-state index contributed by atoms with van der Waals surface area (Å²) in [5.74, 6) is 0.154. The first kappa shape index (κ1) is 18.1. The van der Waals surface area contributed by atoms with Gasteiger partial charge in [0.25, 0.3) is 0 Å². The van der Waals surface area contributed by atoms with E-state index in [2.05, 4.69) is 41.8 Å². The third-order valence-corrected chi connectivity index (χ3v) is 5.30. The molecule has 4 nitrogen and oxygen atoms in total. The maximum Gasteiger partial charge on any atom is 0.407 e. The van der Waals surface area contributed by atoms with Crippen LogP contribution in [0.4, 0.5) is 10.5 Å². The summed E-state index contributed by atoms with van der Waals surface area (Å²) in [4.78, 5) is 12.5. The molecule has 3 aromatic carbocycles. The largest absolute Gasteiger partial charge is 0.445 e. The van der Waals surface area contributed by atoms with Crippen molar-refractivity contribution < 1.29 is 9.53 Å². The summed E-state index contributed by atoms with van der Waals surface area (Å²) in [5, 5.41) is 6.73. The molecule has 3 atom stereocenters. The maximum atomic E-state index is 12.5. The highest BCUT2D eigenvalue weighted by atomic mass is 16.5. The zero-order valence-electron chi connectivity index (χ0n) is 15.8. The van der Waals surface area contributed by atoms with Gasteiger partial charge in [-0.15, -0.1) is 0 Å². The third-order valence-electron chi connectivity index (χ3n) is 5.30. The van der Waals surface area contributed by atoms with Crippen LogP contribution in [-0.4, -0.2) is 6.09 Å². The van der Waals surface area contributed by atoms with Crippen molar-refractivity contribution in [2.75, 3.05) is 5.32 Å². The number of fused-ring (bicyclic) bond motifs is 1. The predicted octanol–water partition coefficient (Wildman–Crippen LogP) is 5.46. The Labute approximate surface area is 165 Å². The minimum absolute atomic E-state index is 0.107. The molecular weight excluding hydrogens is 348 g/mol. The van der Waals surface area contributed by atoms with E-state index < -0.39 is 6.09 Å². The van der Waals surface area contributed by atoms with Gasteiger partial charge < -0.3 is 15.4 Å². The Bertz CT molecular complexity index is 928. The van der Waals surface area contributed by atoms with Gasteiger partial charge in [-0.3, -0.25) is 0 Å². The van der Waals surface area contributed by atoms with E-state index in [-0.39, 0.29) is 24.6 Å². The molecule has 0 aliphatic carbocycles. The highest BCUT2D eigenvalue weighted by Crippen LogP contribution is 2.42. The van der Waals surface area contributed by atoms with E-state index in [0.29, 0.717) is 0 Å². The summed E-state index contributed by atoms with van der Waals surface area (Å²) in [5.41, 5.74) is 4.30. The lowest BCUT2D eigenvalue weighted by Gasteiger charge is -2.39. The maximum absolute atomic E-state index is 12.5. The van der Waals surface area contributed by atoms with Crippen LogP contribution < -0.4 is 10.6 Å². The standard InChI is InChI=1S/C24H24N2O2/c1-17-22(19-12-6-3-7-13-19)25-21-15-9-8-14-20(21)23(17)26-24(27)28-16-18-10-4-2-5-11-18/h2-15,17,22-23,25H,16H2,1H3,(H,26,27)/t17-,22+,23+/m1/s1. The highest BCUT2D eigenvalue weighted by molar-refractivity contribution is 5.69. The molecule has 28 heavy (non-hydrogen) atoms. The molecule has 2 N–H and O–H groups in total. The second-order valence-electron chi connectivity index (χ2n) is 7.16. The van der Waals surface area contributed by atoms with Gasteiger partial charge in [-0.05, 0) is 22.8 Å². The smallest absolute Gasteiger partial charge is 0.407 e. The van der Waals surface area contributed by atoms with E-state index in [0.717, 1.165) is 16.8 Å². The van der Waals surface area contributed by atoms with Crippen LogP contribution in [0.25, 0.3) is 0 Å². The molecule has 3 aromatic rings. The summed E-state index contributed by atoms with van der Waals surface area (Å²) in [6.07, 6.45) is -0.399. The Balaban J connectivity index is 1.53. The summed E-state index contributed by atoms with van der Waals surface area (Å²) in [7, 11) is 0. The van der Waals surface area contributed by atoms with Crippen LogP contribution in [0.15, 0.2) is 84.9 Å². The van der Waals surface area contributed by atoms with E-state index in [1.54, 1.807) is 0 Å². The average molecular weight is 372 g/mol. The first-order chi connectivity index (χ1) is 13.7. The van der Waals surface area contributed by atoms with Crippen LogP contribution in [0.5, 0.6) is 0 Å². The second kappa shape index (κ2) is 8.17. The lowest BCUT2D eigenvalue weighted by molar-refractivity contribution is 0.130. The van der Waals surface area contributed by atoms with Crippen LogP contribution >= 0.6 is 0 Å². The Morgan fingerprint density at radius 2 is 1.57 bits per heavy atom. The highest BCUT2D eigenvalue weighted by Gasteiger charge is 2.35. The number of amides is 1. The zero-order valence-corrected chi connectivity index (χ0v) is 15.8. The van der Waals surface area contributed by atoms with E-state index in [4.69, 9.17) is 4.74 Å². The number of alkyl carbamates (subject to hydrolysis) is 1. The molecule has 1 amide bonds. The third kappa shape index (κ3) is 3.86. The normalized spacial score (nSPS) is 20.5. The molecule has 4 rings (SSSR count). The van der Waals surface area contributed by atoms with E-state index in [9.17, 15) is 4.79 Å². The molecule has 142 valence electrons. The van der Waals surface area contributed by atoms with Crippen LogP contribution in [0.2, 0.25) is 0 Å². The van der Waals surface area contributed by atoms with Gasteiger partial charge in [0.05, 0.1) is 12.1 Å². The lowest BCUT2D eigenvalue weighted by atomic mass is 9.81. The molecule has 0 bridgehead atoms. The molecule has 1 heterocycles. The van der Waals surface area contributed by atoms with Crippen LogP contribution in [0, 0.1) is 5.92 Å². The zero-order chi connectivity index (χ0) is 19.3. The minimum Gasteiger partial charge on any atom is -0.445 e. The molecule has 0 unspecified atom stereocenters. The van der Waals surface area contributed by atoms with Gasteiger partial charge in [-0.1, -0.05) is 85.8 Å². The molecular formula is C24H24N2O2. The number of benzene rings is 3. The Morgan fingerprint density at radius 3 is 2.32 bits per heavy atom. The molecule has 1 aliphatic heterocycles. The average Bonchev–Trinajstić information content (AvgIpc) is 2.75. The molecule has 0 saturated carbocycles. The first-order valence-corrected chi connectivity index (χ1v) is 9.60. The number of nitrogens with one attached hydrogen (secondary N) is 2. The Hall–Kier alpha value is -3.27. The van der Waals surface area contributed by atoms with Crippen molar-refractivity contribution in [2.45, 2.75) is 25.6 Å². The molecule has 0 aromatic heterocycles. The fourth-order valence-corrected chi connectivity index (χ4v) is 3.82. The van der Waals surface area contributed by atoms with Crippen molar-refractivity contribution in [3.8, 4) is 0 Å². The van der Waals surface area contributed by atoms with Crippen molar-refractivity contribution in [1.82, 2.24) is 5.32 Å². The topological polar surface area (TPSA) is 50.4 Å². The fraction of sp³-hybridized carbons (Fsp3) is 0.208. The van der Waals surface area contributed by atoms with Crippen LogP contribution in [0.3, 0.4) is 0 Å². The van der Waals surface area contributed by atoms with Gasteiger partial charge in [-0.2, -0.15) is 0 Å². The summed E-state index contributed by atoms with van der Waals surface area (Å²) in [6.45, 7) is 2.42. The molecule has 0 saturated heterocycles. The van der Waals surface area contributed by atoms with E-state index in [1.807, 2.05) is 60.7 Å². The van der Waals surface area contributed by atoms with Gasteiger partial charge in [0, 0.05) is 11.6 Å². The van der Waals surface area contributed by atoms with Crippen molar-refractivity contribution in [2.24, 2.45) is 5.92 Å². The van der Waals surface area contributed by atoms with Crippen LogP contribution in [0.1, 0.15) is 35.7 Å². The number of hydrogen-bond acceptors (Lipinski definition) is 3. The van der Waals surface area contributed by atoms with Gasteiger partial charge in [0.1, 0.15) is 6.61 Å². The number of ether oxygens (including phenoxy) is 1. The Kier molecular flexibility index (Phi) is 5.29. The SMILES string of the molecule is C[C@@H]1[C@@H](c2ccccc2)Nc2ccccc2[C@H]1NC(=O)OCc1ccccc1. The summed E-state index contributed by atoms with van der Waals surface area (Å²) >= 11 is 0. The van der Waals surface area contributed by atoms with Crippen molar-refractivity contribution in [1.29, 1.82) is 0 Å². The monoisotopic (exact) mass is 372 g/mol. The molecule has 0 fully saturated rings. The van der Waals surface area contributed by atoms with Crippen LogP contribution in [-0.2, 0) is 11.3 Å². The predicted molar refractivity (Wildman–Crippen MR) is 111 cm³/mol. The van der Waals surface area contributed by atoms with Gasteiger partial charge in [0.15, 0.2) is 0 Å². The number of hydrogen-bond donors (Lipinski definition) is 2. The molecule has 4 heteroatoms. The molecule has 0 spiro atoms. The van der Waals surface area contributed by atoms with Gasteiger partial charge in [0.2, 0.25) is 0 Å². The summed E-state index contributed by atoms with van der Waals surface area (Å²) < 4.78 is 5.46. The van der Waals surface area contributed by atoms with E-state index in [1.165, 1.54) is 5.56 Å². The number of para-hydroxylation sites is 1. The second-order valence-corrected chi connectivity index (χ2v) is 7.16. The quantitative estimate of drug-likeness (QED) is 0.640. The number of rotatable bonds is 4. The molecule has 0 radical (unpaired) electrons. The molecule has 1 aliphatic rings. The van der Waals surface area contributed by atoms with Crippen molar-refractivity contribution in [3.63, 3.8) is 0 Å². The van der Waals surface area contributed by atoms with Gasteiger partial charge >= 0.3 is 6.09 Å². The fourth-order valence-electron chi connectivity index (χ4n) is 3.82. The van der Waals surface area contributed by atoms with Crippen molar-refractivity contribution >= 4 is 11.8 Å². The number of anilines is 1. The van der Waals surface area contributed by atoms with Gasteiger partial charge in [-0.25, -0.2) is 4.79 Å². The first-order valence-electron chi connectivity index (χ1n) is 9.60. The van der Waals surface area contributed by atoms with E-state index >= 15 is 0 Å². The summed E-state index contributed by atoms with van der Waals surface area (Å²) in [6, 6.07) is 28.1. The Morgan fingerprint density at radius 1 is 0.929 bits per heavy atom. The number of carbonyl (C=O) groups is 1. The van der Waals surface area contributed by atoms with Crippen molar-refractivity contribution in [3.05, 3.63) is 102 Å². The number of carbonyl (C=O) groups excluding carboxylic acids is 1. The lowest BCUT2D eigenvalue weighted by Crippen LogP contribution is -2.40.